The van der Waals surface area contributed by atoms with E-state index in [9.17, 15) is 9.90 Å². The number of morpholine rings is 1. The maximum absolute atomic E-state index is 12.8. The van der Waals surface area contributed by atoms with Gasteiger partial charge in [-0.25, -0.2) is 14.8 Å². The molecular formula is C31H46ClN5O5. The van der Waals surface area contributed by atoms with Crippen LogP contribution in [0.1, 0.15) is 58.6 Å². The summed E-state index contributed by atoms with van der Waals surface area (Å²) in [6, 6.07) is -0.314. The van der Waals surface area contributed by atoms with E-state index in [-0.39, 0.29) is 36.4 Å². The number of pyridine rings is 1. The van der Waals surface area contributed by atoms with Gasteiger partial charge in [0.15, 0.2) is 12.2 Å². The van der Waals surface area contributed by atoms with Gasteiger partial charge in [-0.3, -0.25) is 14.7 Å². The van der Waals surface area contributed by atoms with Crippen LogP contribution in [0.2, 0.25) is 0 Å². The van der Waals surface area contributed by atoms with Crippen LogP contribution in [0.3, 0.4) is 0 Å². The van der Waals surface area contributed by atoms with E-state index in [1.165, 1.54) is 0 Å². The highest BCUT2D eigenvalue weighted by Gasteiger charge is 2.44. The molecule has 4 unspecified atom stereocenters. The quantitative estimate of drug-likeness (QED) is 0.402. The zero-order valence-corrected chi connectivity index (χ0v) is 26.7. The molecule has 0 aromatic carbocycles. The molecule has 3 fully saturated rings. The summed E-state index contributed by atoms with van der Waals surface area (Å²) in [4.78, 5) is 28.0. The van der Waals surface area contributed by atoms with E-state index in [1.54, 1.807) is 0 Å². The SMILES string of the molecule is C=C(C)C(=Nc1ncc(CC)c(OC2CC3COCC(C2)N3C(=O)OC(C)C)c1C)C(Cl)=CC(C)N1CCN(C)C1O. The van der Waals surface area contributed by atoms with E-state index in [4.69, 9.17) is 30.8 Å². The number of carbonyl (C=O) groups is 1. The van der Waals surface area contributed by atoms with Crippen molar-refractivity contribution in [1.82, 2.24) is 19.7 Å². The second-order valence-electron chi connectivity index (χ2n) is 11.9. The zero-order valence-electron chi connectivity index (χ0n) is 26.0. The first-order valence-electron chi connectivity index (χ1n) is 14.9. The third-order valence-corrected chi connectivity index (χ3v) is 8.47. The highest BCUT2D eigenvalue weighted by Crippen LogP contribution is 2.36. The third kappa shape index (κ3) is 7.17. The molecule has 0 aliphatic carbocycles. The lowest BCUT2D eigenvalue weighted by Crippen LogP contribution is -2.61. The number of aliphatic hydroxyl groups excluding tert-OH is 1. The van der Waals surface area contributed by atoms with Crippen LogP contribution in [0.25, 0.3) is 0 Å². The van der Waals surface area contributed by atoms with Gasteiger partial charge in [0, 0.05) is 49.3 Å². The summed E-state index contributed by atoms with van der Waals surface area (Å²) < 4.78 is 18.0. The Balaban J connectivity index is 1.58. The highest BCUT2D eigenvalue weighted by atomic mass is 35.5. The largest absolute Gasteiger partial charge is 0.490 e. The van der Waals surface area contributed by atoms with Crippen molar-refractivity contribution in [2.45, 2.75) is 97.5 Å². The number of hydrogen-bond donors (Lipinski definition) is 1. The van der Waals surface area contributed by atoms with Crippen LogP contribution in [0.15, 0.2) is 34.4 Å². The minimum atomic E-state index is -0.657. The summed E-state index contributed by atoms with van der Waals surface area (Å²) in [7, 11) is 1.89. The number of aliphatic imine (C=N–C) groups is 1. The van der Waals surface area contributed by atoms with Crippen molar-refractivity contribution in [3.63, 3.8) is 0 Å². The minimum Gasteiger partial charge on any atom is -0.490 e. The van der Waals surface area contributed by atoms with Gasteiger partial charge in [0.1, 0.15) is 11.9 Å². The van der Waals surface area contributed by atoms with Gasteiger partial charge < -0.3 is 19.3 Å². The van der Waals surface area contributed by atoms with Gasteiger partial charge >= 0.3 is 6.09 Å². The van der Waals surface area contributed by atoms with Crippen molar-refractivity contribution in [1.29, 1.82) is 0 Å². The number of hydrogen-bond acceptors (Lipinski definition) is 9. The fraction of sp³-hybridized carbons (Fsp3) is 0.645. The Morgan fingerprint density at radius 2 is 1.95 bits per heavy atom. The highest BCUT2D eigenvalue weighted by molar-refractivity contribution is 6.46. The lowest BCUT2D eigenvalue weighted by atomic mass is 9.92. The van der Waals surface area contributed by atoms with Crippen molar-refractivity contribution < 1.29 is 24.1 Å². The predicted octanol–water partition coefficient (Wildman–Crippen LogP) is 4.79. The van der Waals surface area contributed by atoms with Gasteiger partial charge in [-0.2, -0.15) is 0 Å². The molecule has 11 heteroatoms. The summed E-state index contributed by atoms with van der Waals surface area (Å²) >= 11 is 6.81. The van der Waals surface area contributed by atoms with Crippen LogP contribution in [-0.2, 0) is 15.9 Å². The van der Waals surface area contributed by atoms with Crippen molar-refractivity contribution in [2.24, 2.45) is 4.99 Å². The number of ether oxygens (including phenoxy) is 3. The Bertz CT molecular complexity index is 1210. The summed E-state index contributed by atoms with van der Waals surface area (Å²) in [5.41, 5.74) is 3.07. The van der Waals surface area contributed by atoms with Gasteiger partial charge in [0.2, 0.25) is 0 Å². The third-order valence-electron chi connectivity index (χ3n) is 8.16. The van der Waals surface area contributed by atoms with Gasteiger partial charge in [-0.05, 0) is 59.7 Å². The lowest BCUT2D eigenvalue weighted by Gasteiger charge is -2.47. The molecule has 3 aliphatic heterocycles. The first kappa shape index (κ1) is 32.4. The monoisotopic (exact) mass is 603 g/mol. The molecule has 0 radical (unpaired) electrons. The molecule has 0 spiro atoms. The number of aryl methyl sites for hydroxylation is 1. The molecule has 3 saturated heterocycles. The van der Waals surface area contributed by atoms with Crippen LogP contribution in [0.4, 0.5) is 10.6 Å². The van der Waals surface area contributed by atoms with Gasteiger partial charge in [0.25, 0.3) is 0 Å². The minimum absolute atomic E-state index is 0.0924. The molecule has 1 amide bonds. The second kappa shape index (κ2) is 13.9. The number of amides is 1. The molecule has 10 nitrogen and oxygen atoms in total. The van der Waals surface area contributed by atoms with Crippen LogP contribution >= 0.6 is 11.6 Å². The fourth-order valence-corrected chi connectivity index (χ4v) is 6.26. The Morgan fingerprint density at radius 1 is 1.29 bits per heavy atom. The van der Waals surface area contributed by atoms with Crippen LogP contribution in [0.5, 0.6) is 5.75 Å². The van der Waals surface area contributed by atoms with Crippen LogP contribution in [0, 0.1) is 6.92 Å². The maximum Gasteiger partial charge on any atom is 0.410 e. The first-order chi connectivity index (χ1) is 19.9. The Hall–Kier alpha value is -2.50. The topological polar surface area (TPSA) is 100.0 Å². The van der Waals surface area contributed by atoms with Gasteiger partial charge in [-0.1, -0.05) is 25.1 Å². The Labute approximate surface area is 255 Å². The Kier molecular flexibility index (Phi) is 10.7. The van der Waals surface area contributed by atoms with E-state index >= 15 is 0 Å². The first-order valence-corrected chi connectivity index (χ1v) is 15.3. The normalized spacial score (nSPS) is 26.5. The average Bonchev–Trinajstić information content (AvgIpc) is 3.25. The van der Waals surface area contributed by atoms with Gasteiger partial charge in [-0.15, -0.1) is 0 Å². The number of halogens is 1. The molecule has 1 aromatic rings. The van der Waals surface area contributed by atoms with Crippen molar-refractivity contribution in [3.05, 3.63) is 40.6 Å². The number of rotatable bonds is 9. The van der Waals surface area contributed by atoms with E-state index < -0.39 is 6.35 Å². The average molecular weight is 604 g/mol. The smallest absolute Gasteiger partial charge is 0.410 e. The maximum atomic E-state index is 12.8. The molecule has 1 N–H and O–H groups in total. The molecule has 232 valence electrons. The molecule has 4 heterocycles. The van der Waals surface area contributed by atoms with Crippen molar-refractivity contribution in [2.75, 3.05) is 33.4 Å². The van der Waals surface area contributed by atoms with Crippen molar-refractivity contribution >= 4 is 29.2 Å². The molecule has 42 heavy (non-hydrogen) atoms. The molecule has 0 saturated carbocycles. The van der Waals surface area contributed by atoms with Gasteiger partial charge in [0.05, 0.1) is 42.1 Å². The number of allylic oxidation sites excluding steroid dienone is 2. The van der Waals surface area contributed by atoms with Crippen molar-refractivity contribution in [3.8, 4) is 5.75 Å². The predicted molar refractivity (Wildman–Crippen MR) is 165 cm³/mol. The van der Waals surface area contributed by atoms with E-state index in [1.807, 2.05) is 68.6 Å². The second-order valence-corrected chi connectivity index (χ2v) is 12.3. The van der Waals surface area contributed by atoms with Crippen LogP contribution < -0.4 is 4.74 Å². The number of likely N-dealkylation sites (N-methyl/N-ethyl adjacent to an activating group) is 1. The number of aliphatic hydroxyl groups is 1. The number of aromatic nitrogens is 1. The summed E-state index contributed by atoms with van der Waals surface area (Å²) in [6.45, 7) is 18.2. The summed E-state index contributed by atoms with van der Waals surface area (Å²) in [5.74, 6) is 1.29. The molecule has 1 aromatic heterocycles. The summed E-state index contributed by atoms with van der Waals surface area (Å²) in [6.07, 6.45) is 4.54. The molecule has 4 rings (SSSR count). The lowest BCUT2D eigenvalue weighted by molar-refractivity contribution is -0.0930. The van der Waals surface area contributed by atoms with E-state index in [0.29, 0.717) is 48.2 Å². The number of carbonyl (C=O) groups excluding carboxylic acids is 1. The molecule has 3 aliphatic rings. The molecule has 4 atom stereocenters. The van der Waals surface area contributed by atoms with E-state index in [0.717, 1.165) is 36.4 Å². The van der Waals surface area contributed by atoms with E-state index in [2.05, 4.69) is 18.5 Å². The molecule has 2 bridgehead atoms. The standard InChI is InChI=1S/C31H46ClN5O5/c1-9-22-15-33-29(34-27(18(2)3)26(32)12-20(6)36-11-10-35(8)30(36)38)21(7)28(22)42-25-13-23-16-40-17-24(14-25)37(23)31(39)41-19(4)5/h12,15,19-20,23-25,30,38H,2,9-11,13-14,16-17H2,1,3-8H3. The number of piperidine rings is 1. The number of fused-ring (bicyclic) bond motifs is 2. The van der Waals surface area contributed by atoms with Crippen LogP contribution in [-0.4, -0.2) is 107 Å². The number of nitrogens with zero attached hydrogens (tertiary/aromatic N) is 5. The fourth-order valence-electron chi connectivity index (χ4n) is 5.87. The molecular weight excluding hydrogens is 558 g/mol. The Morgan fingerprint density at radius 3 is 2.50 bits per heavy atom. The summed E-state index contributed by atoms with van der Waals surface area (Å²) in [5, 5.41) is 10.9. The zero-order chi connectivity index (χ0) is 30.7.